The van der Waals surface area contributed by atoms with E-state index in [-0.39, 0.29) is 6.61 Å². The number of aliphatic hydroxyl groups is 1. The molecule has 0 saturated carbocycles. The van der Waals surface area contributed by atoms with Crippen molar-refractivity contribution in [1.29, 1.82) is 0 Å². The highest BCUT2D eigenvalue weighted by Crippen LogP contribution is 2.27. The second-order valence-electron chi connectivity index (χ2n) is 7.26. The van der Waals surface area contributed by atoms with Gasteiger partial charge in [-0.3, -0.25) is 4.90 Å². The standard InChI is InChI=1S/C20H28FN5O2/c1-22-18-11-19(24-15-23-18)26-9-7-20(27,14-26)13-25(2)12-16-3-5-17(6-4-16)28-10-8-21/h3-6,11,15,27H,7-10,12-14H2,1-2H3,(H,22,23,24). The molecule has 1 unspecified atom stereocenters. The van der Waals surface area contributed by atoms with Crippen LogP contribution in [0.3, 0.4) is 0 Å². The monoisotopic (exact) mass is 389 g/mol. The summed E-state index contributed by atoms with van der Waals surface area (Å²) in [6.07, 6.45) is 2.22. The molecule has 2 aromatic rings. The number of likely N-dealkylation sites (N-methyl/N-ethyl adjacent to an activating group) is 1. The third-order valence-electron chi connectivity index (χ3n) is 4.85. The number of nitrogens with one attached hydrogen (secondary N) is 1. The lowest BCUT2D eigenvalue weighted by molar-refractivity contribution is 0.0279. The maximum atomic E-state index is 12.2. The zero-order chi connectivity index (χ0) is 20.0. The van der Waals surface area contributed by atoms with Crippen LogP contribution in [0.4, 0.5) is 16.0 Å². The fourth-order valence-corrected chi connectivity index (χ4v) is 3.56. The second-order valence-corrected chi connectivity index (χ2v) is 7.26. The van der Waals surface area contributed by atoms with Crippen molar-refractivity contribution in [2.45, 2.75) is 18.6 Å². The van der Waals surface area contributed by atoms with Crippen molar-refractivity contribution < 1.29 is 14.2 Å². The highest BCUT2D eigenvalue weighted by Gasteiger charge is 2.37. The van der Waals surface area contributed by atoms with Crippen LogP contribution in [0.2, 0.25) is 0 Å². The van der Waals surface area contributed by atoms with Crippen molar-refractivity contribution >= 4 is 11.6 Å². The van der Waals surface area contributed by atoms with E-state index in [0.29, 0.717) is 31.8 Å². The summed E-state index contributed by atoms with van der Waals surface area (Å²) in [5, 5.41) is 14.1. The highest BCUT2D eigenvalue weighted by atomic mass is 19.1. The van der Waals surface area contributed by atoms with Crippen molar-refractivity contribution in [3.05, 3.63) is 42.2 Å². The quantitative estimate of drug-likeness (QED) is 0.679. The van der Waals surface area contributed by atoms with Gasteiger partial charge in [0.2, 0.25) is 0 Å². The Labute approximate surface area is 165 Å². The molecule has 8 heteroatoms. The van der Waals surface area contributed by atoms with Crippen LogP contribution in [-0.2, 0) is 6.54 Å². The van der Waals surface area contributed by atoms with E-state index in [0.717, 1.165) is 23.7 Å². The van der Waals surface area contributed by atoms with E-state index >= 15 is 0 Å². The molecule has 0 aliphatic carbocycles. The Kier molecular flexibility index (Phi) is 6.64. The molecule has 1 saturated heterocycles. The van der Waals surface area contributed by atoms with Crippen LogP contribution in [-0.4, -0.2) is 72.6 Å². The first-order valence-electron chi connectivity index (χ1n) is 9.45. The number of anilines is 2. The average molecular weight is 389 g/mol. The molecular weight excluding hydrogens is 361 g/mol. The minimum absolute atomic E-state index is 0.0743. The molecule has 1 aromatic heterocycles. The summed E-state index contributed by atoms with van der Waals surface area (Å²) in [4.78, 5) is 12.7. The number of aromatic nitrogens is 2. The SMILES string of the molecule is CNc1cc(N2CCC(O)(CN(C)Cc3ccc(OCCF)cc3)C2)ncn1. The van der Waals surface area contributed by atoms with Crippen molar-refractivity contribution in [3.63, 3.8) is 0 Å². The number of alkyl halides is 1. The molecular formula is C20H28FN5O2. The van der Waals surface area contributed by atoms with Crippen LogP contribution in [0.1, 0.15) is 12.0 Å². The van der Waals surface area contributed by atoms with Crippen molar-refractivity contribution in [3.8, 4) is 5.75 Å². The zero-order valence-electron chi connectivity index (χ0n) is 16.4. The van der Waals surface area contributed by atoms with E-state index < -0.39 is 12.3 Å². The molecule has 1 aliphatic rings. The zero-order valence-corrected chi connectivity index (χ0v) is 16.4. The van der Waals surface area contributed by atoms with E-state index in [4.69, 9.17) is 4.74 Å². The van der Waals surface area contributed by atoms with Crippen LogP contribution in [0.15, 0.2) is 36.7 Å². The van der Waals surface area contributed by atoms with Crippen molar-refractivity contribution in [2.24, 2.45) is 0 Å². The van der Waals surface area contributed by atoms with Gasteiger partial charge >= 0.3 is 0 Å². The number of β-amino-alcohol motifs (C(OH)–C–C–N with tert-alkyl or cyclic N) is 1. The molecule has 1 aromatic carbocycles. The predicted molar refractivity (Wildman–Crippen MR) is 108 cm³/mol. The molecule has 0 spiro atoms. The van der Waals surface area contributed by atoms with E-state index in [1.54, 1.807) is 0 Å². The third-order valence-corrected chi connectivity index (χ3v) is 4.85. The summed E-state index contributed by atoms with van der Waals surface area (Å²) in [7, 11) is 3.82. The van der Waals surface area contributed by atoms with Gasteiger partial charge in [0.1, 0.15) is 37.0 Å². The van der Waals surface area contributed by atoms with E-state index in [9.17, 15) is 9.50 Å². The molecule has 1 aliphatic heterocycles. The van der Waals surface area contributed by atoms with E-state index in [2.05, 4.69) is 25.1 Å². The molecule has 152 valence electrons. The van der Waals surface area contributed by atoms with Gasteiger partial charge in [0, 0.05) is 39.3 Å². The van der Waals surface area contributed by atoms with E-state index in [1.807, 2.05) is 44.4 Å². The van der Waals surface area contributed by atoms with Crippen molar-refractivity contribution in [2.75, 3.05) is 57.2 Å². The largest absolute Gasteiger partial charge is 0.491 e. The number of nitrogens with zero attached hydrogens (tertiary/aromatic N) is 4. The highest BCUT2D eigenvalue weighted by molar-refractivity contribution is 5.49. The van der Waals surface area contributed by atoms with Gasteiger partial charge in [-0.1, -0.05) is 12.1 Å². The molecule has 2 N–H and O–H groups in total. The van der Waals surface area contributed by atoms with Crippen LogP contribution in [0.25, 0.3) is 0 Å². The summed E-state index contributed by atoms with van der Waals surface area (Å²) >= 11 is 0. The summed E-state index contributed by atoms with van der Waals surface area (Å²) in [6, 6.07) is 9.52. The van der Waals surface area contributed by atoms with Gasteiger partial charge in [-0.2, -0.15) is 0 Å². The maximum absolute atomic E-state index is 12.2. The van der Waals surface area contributed by atoms with Crippen LogP contribution < -0.4 is 15.0 Å². The van der Waals surface area contributed by atoms with Crippen molar-refractivity contribution in [1.82, 2.24) is 14.9 Å². The summed E-state index contributed by atoms with van der Waals surface area (Å²) in [6.45, 7) is 2.14. The summed E-state index contributed by atoms with van der Waals surface area (Å²) in [5.74, 6) is 2.25. The Morgan fingerprint density at radius 2 is 2.11 bits per heavy atom. The van der Waals surface area contributed by atoms with Gasteiger partial charge in [0.25, 0.3) is 0 Å². The van der Waals surface area contributed by atoms with Gasteiger partial charge in [0.15, 0.2) is 0 Å². The fourth-order valence-electron chi connectivity index (χ4n) is 3.56. The Morgan fingerprint density at radius 1 is 1.32 bits per heavy atom. The van der Waals surface area contributed by atoms with Crippen LogP contribution >= 0.6 is 0 Å². The first kappa shape index (κ1) is 20.3. The number of rotatable bonds is 9. The lowest BCUT2D eigenvalue weighted by Crippen LogP contribution is -2.43. The Balaban J connectivity index is 1.54. The smallest absolute Gasteiger partial charge is 0.134 e. The minimum Gasteiger partial charge on any atom is -0.491 e. The average Bonchev–Trinajstić information content (AvgIpc) is 3.09. The number of benzene rings is 1. The first-order chi connectivity index (χ1) is 13.5. The molecule has 0 radical (unpaired) electrons. The molecule has 1 fully saturated rings. The first-order valence-corrected chi connectivity index (χ1v) is 9.45. The normalized spacial score (nSPS) is 19.2. The summed E-state index contributed by atoms with van der Waals surface area (Å²) in [5.41, 5.74) is 0.326. The number of ether oxygens (including phenoxy) is 1. The number of hydrogen-bond donors (Lipinski definition) is 2. The molecule has 3 rings (SSSR count). The maximum Gasteiger partial charge on any atom is 0.134 e. The minimum atomic E-state index is -0.788. The predicted octanol–water partition coefficient (Wildman–Crippen LogP) is 1.94. The van der Waals surface area contributed by atoms with Crippen LogP contribution in [0, 0.1) is 0 Å². The van der Waals surface area contributed by atoms with Gasteiger partial charge in [-0.05, 0) is 31.2 Å². The second kappa shape index (κ2) is 9.16. The van der Waals surface area contributed by atoms with Gasteiger partial charge in [-0.25, -0.2) is 14.4 Å². The fraction of sp³-hybridized carbons (Fsp3) is 0.500. The molecule has 0 amide bonds. The molecule has 7 nitrogen and oxygen atoms in total. The molecule has 0 bridgehead atoms. The topological polar surface area (TPSA) is 73.8 Å². The van der Waals surface area contributed by atoms with E-state index in [1.165, 1.54) is 6.33 Å². The van der Waals surface area contributed by atoms with Gasteiger partial charge < -0.3 is 20.1 Å². The summed E-state index contributed by atoms with van der Waals surface area (Å²) < 4.78 is 17.4. The van der Waals surface area contributed by atoms with Crippen LogP contribution in [0.5, 0.6) is 5.75 Å². The Morgan fingerprint density at radius 3 is 2.82 bits per heavy atom. The molecule has 28 heavy (non-hydrogen) atoms. The van der Waals surface area contributed by atoms with Gasteiger partial charge in [-0.15, -0.1) is 0 Å². The molecule has 1 atom stereocenters. The third kappa shape index (κ3) is 5.30. The molecule has 2 heterocycles. The number of halogens is 1. The number of hydrogen-bond acceptors (Lipinski definition) is 7. The Bertz CT molecular complexity index is 761. The lowest BCUT2D eigenvalue weighted by Gasteiger charge is -2.29. The lowest BCUT2D eigenvalue weighted by atomic mass is 10.0. The van der Waals surface area contributed by atoms with Gasteiger partial charge in [0.05, 0.1) is 5.60 Å². The Hall–Kier alpha value is -2.45.